The Hall–Kier alpha value is -1.35. The van der Waals surface area contributed by atoms with Crippen molar-refractivity contribution in [3.05, 3.63) is 34.9 Å². The summed E-state index contributed by atoms with van der Waals surface area (Å²) in [5.74, 6) is 5.24. The predicted octanol–water partition coefficient (Wildman–Crippen LogP) is 1.59. The Kier molecular flexibility index (Phi) is 2.44. The van der Waals surface area contributed by atoms with Gasteiger partial charge in [0.25, 0.3) is 0 Å². The molecule has 1 aromatic carbocycles. The maximum absolute atomic E-state index is 11.8. The summed E-state index contributed by atoms with van der Waals surface area (Å²) in [5.41, 5.74) is 6.04. The first-order valence-electron chi connectivity index (χ1n) is 6.40. The molecule has 1 amide bonds. The summed E-state index contributed by atoms with van der Waals surface area (Å²) in [5, 5.41) is 0. The smallest absolute Gasteiger partial charge is 0.244 e. The second kappa shape index (κ2) is 3.84. The van der Waals surface area contributed by atoms with E-state index in [1.807, 2.05) is 0 Å². The quantitative estimate of drug-likeness (QED) is 0.460. The molecule has 3 nitrogen and oxygen atoms in total. The summed E-state index contributed by atoms with van der Waals surface area (Å²) in [7, 11) is 0. The number of carbonyl (C=O) groups excluding carboxylic acids is 1. The monoisotopic (exact) mass is 230 g/mol. The van der Waals surface area contributed by atoms with E-state index >= 15 is 0 Å². The van der Waals surface area contributed by atoms with Gasteiger partial charge in [-0.15, -0.1) is 0 Å². The molecule has 3 heteroatoms. The van der Waals surface area contributed by atoms with Crippen LogP contribution in [0.15, 0.2) is 18.2 Å². The van der Waals surface area contributed by atoms with Crippen molar-refractivity contribution in [1.29, 1.82) is 0 Å². The van der Waals surface area contributed by atoms with Crippen LogP contribution in [0.2, 0.25) is 0 Å². The third kappa shape index (κ3) is 1.65. The molecule has 0 radical (unpaired) electrons. The molecule has 0 bridgehead atoms. The van der Waals surface area contributed by atoms with E-state index < -0.39 is 0 Å². The zero-order chi connectivity index (χ0) is 11.9. The van der Waals surface area contributed by atoms with Gasteiger partial charge in [-0.25, -0.2) is 5.84 Å². The first-order chi connectivity index (χ1) is 8.26. The number of amides is 1. The van der Waals surface area contributed by atoms with E-state index in [0.717, 1.165) is 24.8 Å². The predicted molar refractivity (Wildman–Crippen MR) is 66.3 cm³/mol. The van der Waals surface area contributed by atoms with Crippen molar-refractivity contribution in [3.8, 4) is 0 Å². The van der Waals surface area contributed by atoms with Crippen LogP contribution in [0.25, 0.3) is 0 Å². The van der Waals surface area contributed by atoms with Gasteiger partial charge in [0, 0.05) is 0 Å². The van der Waals surface area contributed by atoms with E-state index in [-0.39, 0.29) is 11.3 Å². The van der Waals surface area contributed by atoms with Gasteiger partial charge in [-0.1, -0.05) is 18.2 Å². The van der Waals surface area contributed by atoms with Crippen LogP contribution in [0.4, 0.5) is 0 Å². The number of benzene rings is 1. The number of rotatable bonds is 2. The lowest BCUT2D eigenvalue weighted by Crippen LogP contribution is -2.39. The maximum atomic E-state index is 11.8. The average Bonchev–Trinajstić information content (AvgIpc) is 3.19. The zero-order valence-electron chi connectivity index (χ0n) is 9.96. The van der Waals surface area contributed by atoms with Crippen molar-refractivity contribution < 1.29 is 4.79 Å². The Morgan fingerprint density at radius 3 is 2.53 bits per heavy atom. The van der Waals surface area contributed by atoms with Crippen LogP contribution in [0.3, 0.4) is 0 Å². The van der Waals surface area contributed by atoms with Crippen LogP contribution in [0.1, 0.15) is 42.4 Å². The first kappa shape index (κ1) is 10.8. The standard InChI is InChI=1S/C14H18N2O/c15-16-13(17)14(7-8-14)12-6-5-10-3-1-2-4-11(10)9-12/h5-6,9H,1-4,7-8,15H2,(H,16,17). The van der Waals surface area contributed by atoms with Gasteiger partial charge in [0.15, 0.2) is 0 Å². The van der Waals surface area contributed by atoms with Gasteiger partial charge in [-0.2, -0.15) is 0 Å². The van der Waals surface area contributed by atoms with E-state index in [0.29, 0.717) is 0 Å². The molecular weight excluding hydrogens is 212 g/mol. The van der Waals surface area contributed by atoms with E-state index in [1.54, 1.807) is 0 Å². The number of nitrogens with one attached hydrogen (secondary N) is 1. The highest BCUT2D eigenvalue weighted by Crippen LogP contribution is 2.48. The number of hydrazine groups is 1. The summed E-state index contributed by atoms with van der Waals surface area (Å²) in [4.78, 5) is 11.8. The van der Waals surface area contributed by atoms with Gasteiger partial charge in [0.05, 0.1) is 5.41 Å². The van der Waals surface area contributed by atoms with Crippen molar-refractivity contribution in [3.63, 3.8) is 0 Å². The maximum Gasteiger partial charge on any atom is 0.244 e. The van der Waals surface area contributed by atoms with Gasteiger partial charge in [-0.05, 0) is 55.2 Å². The van der Waals surface area contributed by atoms with Gasteiger partial charge in [-0.3, -0.25) is 10.2 Å². The molecule has 17 heavy (non-hydrogen) atoms. The average molecular weight is 230 g/mol. The highest BCUT2D eigenvalue weighted by atomic mass is 16.2. The molecule has 0 spiro atoms. The fourth-order valence-corrected chi connectivity index (χ4v) is 2.94. The van der Waals surface area contributed by atoms with Gasteiger partial charge < -0.3 is 0 Å². The number of hydrogen-bond donors (Lipinski definition) is 2. The Bertz CT molecular complexity index is 463. The fourth-order valence-electron chi connectivity index (χ4n) is 2.94. The molecule has 2 aliphatic rings. The van der Waals surface area contributed by atoms with E-state index in [2.05, 4.69) is 23.6 Å². The molecule has 0 aliphatic heterocycles. The Morgan fingerprint density at radius 1 is 1.18 bits per heavy atom. The minimum atomic E-state index is -0.318. The van der Waals surface area contributed by atoms with Crippen LogP contribution in [-0.4, -0.2) is 5.91 Å². The number of fused-ring (bicyclic) bond motifs is 1. The second-order valence-corrected chi connectivity index (χ2v) is 5.25. The number of aryl methyl sites for hydroxylation is 2. The normalized spacial score (nSPS) is 20.5. The molecule has 0 saturated heterocycles. The lowest BCUT2D eigenvalue weighted by molar-refractivity contribution is -0.123. The van der Waals surface area contributed by atoms with Gasteiger partial charge in [0.1, 0.15) is 0 Å². The molecule has 0 aromatic heterocycles. The number of carbonyl (C=O) groups is 1. The number of hydrogen-bond acceptors (Lipinski definition) is 2. The van der Waals surface area contributed by atoms with Crippen LogP contribution in [0.5, 0.6) is 0 Å². The summed E-state index contributed by atoms with van der Waals surface area (Å²) < 4.78 is 0. The summed E-state index contributed by atoms with van der Waals surface area (Å²) in [6.45, 7) is 0. The Balaban J connectivity index is 1.96. The lowest BCUT2D eigenvalue weighted by atomic mass is 9.86. The molecule has 2 aliphatic carbocycles. The lowest BCUT2D eigenvalue weighted by Gasteiger charge is -2.20. The van der Waals surface area contributed by atoms with E-state index in [4.69, 9.17) is 5.84 Å². The molecule has 0 heterocycles. The van der Waals surface area contributed by atoms with Crippen molar-refractivity contribution in [2.24, 2.45) is 5.84 Å². The highest BCUT2D eigenvalue weighted by molar-refractivity contribution is 5.90. The Labute approximate surface area is 101 Å². The molecule has 90 valence electrons. The van der Waals surface area contributed by atoms with Crippen molar-refractivity contribution >= 4 is 5.91 Å². The summed E-state index contributed by atoms with van der Waals surface area (Å²) >= 11 is 0. The topological polar surface area (TPSA) is 55.1 Å². The minimum Gasteiger partial charge on any atom is -0.293 e. The molecule has 0 unspecified atom stereocenters. The second-order valence-electron chi connectivity index (χ2n) is 5.25. The third-order valence-electron chi connectivity index (χ3n) is 4.22. The fraction of sp³-hybridized carbons (Fsp3) is 0.500. The van der Waals surface area contributed by atoms with Gasteiger partial charge >= 0.3 is 0 Å². The summed E-state index contributed by atoms with van der Waals surface area (Å²) in [6.07, 6.45) is 6.76. The molecule has 3 rings (SSSR count). The zero-order valence-corrected chi connectivity index (χ0v) is 9.96. The molecule has 1 fully saturated rings. The van der Waals surface area contributed by atoms with Crippen molar-refractivity contribution in [1.82, 2.24) is 5.43 Å². The third-order valence-corrected chi connectivity index (χ3v) is 4.22. The molecule has 0 atom stereocenters. The molecule has 3 N–H and O–H groups in total. The van der Waals surface area contributed by atoms with Crippen molar-refractivity contribution in [2.45, 2.75) is 43.9 Å². The van der Waals surface area contributed by atoms with Crippen LogP contribution >= 0.6 is 0 Å². The minimum absolute atomic E-state index is 0.0340. The van der Waals surface area contributed by atoms with E-state index in [9.17, 15) is 4.79 Å². The van der Waals surface area contributed by atoms with Crippen LogP contribution < -0.4 is 11.3 Å². The molecular formula is C14H18N2O. The summed E-state index contributed by atoms with van der Waals surface area (Å²) in [6, 6.07) is 6.55. The van der Waals surface area contributed by atoms with Crippen LogP contribution in [-0.2, 0) is 23.1 Å². The van der Waals surface area contributed by atoms with Crippen molar-refractivity contribution in [2.75, 3.05) is 0 Å². The highest BCUT2D eigenvalue weighted by Gasteiger charge is 2.51. The largest absolute Gasteiger partial charge is 0.293 e. The first-order valence-corrected chi connectivity index (χ1v) is 6.40. The number of nitrogens with two attached hydrogens (primary N) is 1. The SMILES string of the molecule is NNC(=O)C1(c2ccc3c(c2)CCCC3)CC1. The molecule has 1 aromatic rings. The Morgan fingerprint density at radius 2 is 1.88 bits per heavy atom. The van der Waals surface area contributed by atoms with Gasteiger partial charge in [0.2, 0.25) is 5.91 Å². The van der Waals surface area contributed by atoms with Crippen LogP contribution in [0, 0.1) is 0 Å². The van der Waals surface area contributed by atoms with E-state index in [1.165, 1.54) is 30.4 Å². The molecule has 1 saturated carbocycles.